The van der Waals surface area contributed by atoms with Crippen LogP contribution in [0.1, 0.15) is 75.2 Å². The number of amides is 3. The third-order valence-electron chi connectivity index (χ3n) is 5.64. The van der Waals surface area contributed by atoms with Gasteiger partial charge in [-0.25, -0.2) is 4.79 Å². The summed E-state index contributed by atoms with van der Waals surface area (Å²) in [6.07, 6.45) is -0.376. The summed E-state index contributed by atoms with van der Waals surface area (Å²) in [7, 11) is 0. The van der Waals surface area contributed by atoms with Crippen LogP contribution < -0.4 is 5.32 Å². The molecule has 2 aliphatic rings. The number of hydrogen-bond acceptors (Lipinski definition) is 5. The largest absolute Gasteiger partial charge is 0.444 e. The van der Waals surface area contributed by atoms with E-state index in [0.29, 0.717) is 12.8 Å². The molecule has 0 aromatic rings. The number of aliphatic hydroxyl groups is 1. The Hall–Kier alpha value is -1.83. The van der Waals surface area contributed by atoms with E-state index in [2.05, 4.69) is 5.32 Å². The minimum atomic E-state index is -1.05. The van der Waals surface area contributed by atoms with Crippen molar-refractivity contribution >= 4 is 17.9 Å². The Morgan fingerprint density at radius 3 is 2.17 bits per heavy atom. The van der Waals surface area contributed by atoms with Crippen LogP contribution in [0.25, 0.3) is 0 Å². The van der Waals surface area contributed by atoms with Crippen LogP contribution in [0.4, 0.5) is 4.79 Å². The summed E-state index contributed by atoms with van der Waals surface area (Å²) in [6, 6.07) is -1.58. The molecule has 5 atom stereocenters. The topological polar surface area (TPSA) is 99.2 Å². The highest BCUT2D eigenvalue weighted by atomic mass is 16.6. The Balaban J connectivity index is 2.32. The monoisotopic (exact) mass is 411 g/mol. The summed E-state index contributed by atoms with van der Waals surface area (Å²) < 4.78 is 5.56. The van der Waals surface area contributed by atoms with Gasteiger partial charge in [-0.15, -0.1) is 0 Å². The van der Waals surface area contributed by atoms with E-state index >= 15 is 0 Å². The van der Waals surface area contributed by atoms with Crippen LogP contribution in [-0.4, -0.2) is 73.7 Å². The van der Waals surface area contributed by atoms with Crippen molar-refractivity contribution in [2.45, 2.75) is 116 Å². The molecule has 2 rings (SSSR count). The van der Waals surface area contributed by atoms with Gasteiger partial charge in [0.25, 0.3) is 5.91 Å². The summed E-state index contributed by atoms with van der Waals surface area (Å²) in [5.41, 5.74) is -2.20. The molecule has 166 valence electrons. The van der Waals surface area contributed by atoms with Crippen LogP contribution in [0, 0.1) is 0 Å². The van der Waals surface area contributed by atoms with Crippen LogP contribution in [-0.2, 0) is 14.3 Å². The maximum atomic E-state index is 13.4. The Morgan fingerprint density at radius 1 is 1.21 bits per heavy atom. The lowest BCUT2D eigenvalue weighted by Gasteiger charge is -2.59. The first kappa shape index (κ1) is 23.4. The molecule has 1 spiro atoms. The minimum Gasteiger partial charge on any atom is -0.444 e. The van der Waals surface area contributed by atoms with Gasteiger partial charge in [0.15, 0.2) is 0 Å². The van der Waals surface area contributed by atoms with Gasteiger partial charge in [0.05, 0.1) is 12.1 Å². The molecule has 0 aromatic heterocycles. The van der Waals surface area contributed by atoms with Gasteiger partial charge < -0.3 is 20.1 Å². The molecule has 2 saturated heterocycles. The van der Waals surface area contributed by atoms with Gasteiger partial charge in [-0.2, -0.15) is 0 Å². The quantitative estimate of drug-likeness (QED) is 0.693. The number of β-lactam (4-membered cyclic amide) rings is 1. The molecule has 0 saturated carbocycles. The van der Waals surface area contributed by atoms with Gasteiger partial charge in [-0.1, -0.05) is 0 Å². The van der Waals surface area contributed by atoms with Crippen molar-refractivity contribution in [1.29, 1.82) is 0 Å². The molecule has 2 heterocycles. The highest BCUT2D eigenvalue weighted by molar-refractivity contribution is 6.01. The highest BCUT2D eigenvalue weighted by Gasteiger charge is 2.69. The van der Waals surface area contributed by atoms with Crippen molar-refractivity contribution in [3.63, 3.8) is 0 Å². The summed E-state index contributed by atoms with van der Waals surface area (Å²) in [6.45, 7) is 16.1. The second-order valence-electron chi connectivity index (χ2n) is 10.5. The second kappa shape index (κ2) is 7.45. The van der Waals surface area contributed by atoms with Gasteiger partial charge in [0, 0.05) is 11.6 Å². The third-order valence-corrected chi connectivity index (χ3v) is 5.64. The minimum absolute atomic E-state index is 0.146. The highest BCUT2D eigenvalue weighted by Crippen LogP contribution is 2.48. The fourth-order valence-corrected chi connectivity index (χ4v) is 4.48. The maximum Gasteiger partial charge on any atom is 0.411 e. The van der Waals surface area contributed by atoms with Gasteiger partial charge in [0.1, 0.15) is 17.2 Å². The molecule has 3 unspecified atom stereocenters. The van der Waals surface area contributed by atoms with E-state index in [1.165, 1.54) is 11.8 Å². The Kier molecular flexibility index (Phi) is 6.03. The van der Waals surface area contributed by atoms with Crippen molar-refractivity contribution in [2.24, 2.45) is 0 Å². The molecule has 29 heavy (non-hydrogen) atoms. The predicted molar refractivity (Wildman–Crippen MR) is 109 cm³/mol. The fraction of sp³-hybridized carbons (Fsp3) is 0.857. The second-order valence-corrected chi connectivity index (χ2v) is 10.5. The smallest absolute Gasteiger partial charge is 0.411 e. The zero-order valence-electron chi connectivity index (χ0n) is 19.2. The van der Waals surface area contributed by atoms with Gasteiger partial charge in [-0.3, -0.25) is 14.5 Å². The SMILES string of the molecule is CC1CCC2(C(=O)N([C@H](C(=O)NC(C)(C)C)[C@@H](C)O)C2C)N1C(=O)OC(C)(C)C. The van der Waals surface area contributed by atoms with Crippen molar-refractivity contribution in [2.75, 3.05) is 0 Å². The first-order valence-corrected chi connectivity index (χ1v) is 10.4. The van der Waals surface area contributed by atoms with Crippen molar-refractivity contribution in [3.05, 3.63) is 0 Å². The summed E-state index contributed by atoms with van der Waals surface area (Å²) in [5, 5.41) is 13.1. The lowest BCUT2D eigenvalue weighted by atomic mass is 9.75. The number of ether oxygens (including phenoxy) is 1. The Labute approximate surface area is 173 Å². The number of nitrogens with zero attached hydrogens (tertiary/aromatic N) is 2. The number of hydrogen-bond donors (Lipinski definition) is 2. The van der Waals surface area contributed by atoms with E-state index < -0.39 is 46.9 Å². The number of likely N-dealkylation sites (tertiary alicyclic amines) is 2. The molecule has 2 N–H and O–H groups in total. The predicted octanol–water partition coefficient (Wildman–Crippen LogP) is 2.04. The number of carbonyl (C=O) groups excluding carboxylic acids is 3. The van der Waals surface area contributed by atoms with Crippen LogP contribution in [0.15, 0.2) is 0 Å². The van der Waals surface area contributed by atoms with E-state index in [1.54, 1.807) is 25.7 Å². The molecule has 0 bridgehead atoms. The molecule has 0 radical (unpaired) electrons. The molecular formula is C21H37N3O5. The molecule has 8 nitrogen and oxygen atoms in total. The van der Waals surface area contributed by atoms with Gasteiger partial charge >= 0.3 is 6.09 Å². The zero-order valence-corrected chi connectivity index (χ0v) is 19.2. The van der Waals surface area contributed by atoms with E-state index in [9.17, 15) is 19.5 Å². The fourth-order valence-electron chi connectivity index (χ4n) is 4.48. The molecule has 2 fully saturated rings. The lowest BCUT2D eigenvalue weighted by molar-refractivity contribution is -0.184. The Morgan fingerprint density at radius 2 is 1.76 bits per heavy atom. The molecule has 0 aromatic carbocycles. The molecule has 0 aliphatic carbocycles. The van der Waals surface area contributed by atoms with E-state index in [-0.39, 0.29) is 11.9 Å². The van der Waals surface area contributed by atoms with Crippen molar-refractivity contribution in [1.82, 2.24) is 15.1 Å². The Bertz CT molecular complexity index is 679. The van der Waals surface area contributed by atoms with Crippen LogP contribution in [0.3, 0.4) is 0 Å². The van der Waals surface area contributed by atoms with E-state index in [0.717, 1.165) is 0 Å². The summed E-state index contributed by atoms with van der Waals surface area (Å²) in [4.78, 5) is 42.1. The summed E-state index contributed by atoms with van der Waals surface area (Å²) >= 11 is 0. The van der Waals surface area contributed by atoms with E-state index in [4.69, 9.17) is 4.74 Å². The maximum absolute atomic E-state index is 13.4. The molecular weight excluding hydrogens is 374 g/mol. The average molecular weight is 412 g/mol. The first-order chi connectivity index (χ1) is 13.0. The van der Waals surface area contributed by atoms with Crippen LogP contribution >= 0.6 is 0 Å². The molecule has 8 heteroatoms. The molecule has 3 amide bonds. The van der Waals surface area contributed by atoms with E-state index in [1.807, 2.05) is 34.6 Å². The number of aliphatic hydroxyl groups excluding tert-OH is 1. The standard InChI is InChI=1S/C21H37N3O5/c1-12-10-11-21(24(12)18(28)29-20(7,8)9)14(3)23(17(21)27)15(13(2)25)16(26)22-19(4,5)6/h12-15,25H,10-11H2,1-9H3,(H,22,26)/t12?,13-,14?,15+,21?/m1/s1. The zero-order chi connectivity index (χ0) is 22.5. The van der Waals surface area contributed by atoms with Crippen LogP contribution in [0.2, 0.25) is 0 Å². The third kappa shape index (κ3) is 4.22. The number of carbonyl (C=O) groups is 3. The van der Waals surface area contributed by atoms with Crippen molar-refractivity contribution < 1.29 is 24.2 Å². The van der Waals surface area contributed by atoms with Crippen LogP contribution in [0.5, 0.6) is 0 Å². The summed E-state index contributed by atoms with van der Waals surface area (Å²) in [5.74, 6) is -0.715. The number of rotatable bonds is 3. The van der Waals surface area contributed by atoms with Gasteiger partial charge in [0.2, 0.25) is 5.91 Å². The normalized spacial score (nSPS) is 29.5. The lowest BCUT2D eigenvalue weighted by Crippen LogP contribution is -2.82. The van der Waals surface area contributed by atoms with Crippen molar-refractivity contribution in [3.8, 4) is 0 Å². The average Bonchev–Trinajstić information content (AvgIpc) is 2.87. The first-order valence-electron chi connectivity index (χ1n) is 10.4. The van der Waals surface area contributed by atoms with Gasteiger partial charge in [-0.05, 0) is 75.2 Å². The molecule has 2 aliphatic heterocycles. The number of nitrogens with one attached hydrogen (secondary N) is 1.